The molecule has 1 N–H and O–H groups in total. The van der Waals surface area contributed by atoms with Crippen molar-refractivity contribution in [1.29, 1.82) is 0 Å². The summed E-state index contributed by atoms with van der Waals surface area (Å²) in [6.45, 7) is 2.93. The lowest BCUT2D eigenvalue weighted by atomic mass is 9.82. The lowest BCUT2D eigenvalue weighted by Crippen LogP contribution is -2.46. The number of fused-ring (bicyclic) bond motifs is 1. The Hall–Kier alpha value is -1.65. The molecule has 0 unspecified atom stereocenters. The maximum Gasteiger partial charge on any atom is 0.223 e. The monoisotopic (exact) mass is 340 g/mol. The number of rotatable bonds is 4. The molecule has 3 atom stereocenters. The Balaban J connectivity index is 1.49. The topological polar surface area (TPSA) is 32.3 Å². The van der Waals surface area contributed by atoms with Gasteiger partial charge in [0.15, 0.2) is 0 Å². The first-order valence-electron chi connectivity index (χ1n) is 8.90. The second-order valence-corrected chi connectivity index (χ2v) is 7.90. The minimum atomic E-state index is 0.332. The van der Waals surface area contributed by atoms with Crippen LogP contribution >= 0.6 is 11.3 Å². The number of thiophene rings is 1. The molecule has 0 bridgehead atoms. The second kappa shape index (κ2) is 7.08. The van der Waals surface area contributed by atoms with Crippen molar-refractivity contribution >= 4 is 17.2 Å². The van der Waals surface area contributed by atoms with Crippen molar-refractivity contribution in [3.63, 3.8) is 0 Å². The maximum absolute atomic E-state index is 12.9. The number of amides is 1. The highest BCUT2D eigenvalue weighted by Gasteiger charge is 2.44. The molecule has 1 amide bonds. The van der Waals surface area contributed by atoms with Crippen molar-refractivity contribution in [3.05, 3.63) is 58.3 Å². The number of aryl methyl sites for hydroxylation is 1. The summed E-state index contributed by atoms with van der Waals surface area (Å²) in [4.78, 5) is 16.4. The third-order valence-electron chi connectivity index (χ3n) is 5.52. The van der Waals surface area contributed by atoms with Crippen LogP contribution in [0.1, 0.15) is 29.2 Å². The first-order chi connectivity index (χ1) is 11.8. The molecule has 1 aromatic heterocycles. The SMILES string of the molecule is O=C(CCc1cccs1)N1C[C@H](c2ccccc2)[C@H]2CNCC[C@H]21. The smallest absolute Gasteiger partial charge is 0.223 e. The molecule has 2 aromatic rings. The van der Waals surface area contributed by atoms with Crippen LogP contribution in [0.15, 0.2) is 47.8 Å². The van der Waals surface area contributed by atoms with Gasteiger partial charge in [0.25, 0.3) is 0 Å². The summed E-state index contributed by atoms with van der Waals surface area (Å²) in [5.74, 6) is 1.35. The van der Waals surface area contributed by atoms with E-state index in [2.05, 4.69) is 58.1 Å². The van der Waals surface area contributed by atoms with Crippen LogP contribution in [0.25, 0.3) is 0 Å². The Kier molecular flexibility index (Phi) is 4.67. The van der Waals surface area contributed by atoms with Gasteiger partial charge < -0.3 is 10.2 Å². The molecule has 4 heteroatoms. The van der Waals surface area contributed by atoms with E-state index in [0.717, 1.165) is 32.5 Å². The van der Waals surface area contributed by atoms with Gasteiger partial charge in [-0.15, -0.1) is 11.3 Å². The highest BCUT2D eigenvalue weighted by atomic mass is 32.1. The van der Waals surface area contributed by atoms with Crippen LogP contribution in [-0.4, -0.2) is 36.5 Å². The molecule has 126 valence electrons. The van der Waals surface area contributed by atoms with Crippen molar-refractivity contribution in [2.75, 3.05) is 19.6 Å². The summed E-state index contributed by atoms with van der Waals surface area (Å²) < 4.78 is 0. The van der Waals surface area contributed by atoms with E-state index >= 15 is 0 Å². The molecule has 0 spiro atoms. The van der Waals surface area contributed by atoms with E-state index in [1.54, 1.807) is 11.3 Å². The minimum Gasteiger partial charge on any atom is -0.339 e. The van der Waals surface area contributed by atoms with Gasteiger partial charge in [-0.25, -0.2) is 0 Å². The summed E-state index contributed by atoms with van der Waals surface area (Å²) in [6, 6.07) is 15.3. The fraction of sp³-hybridized carbons (Fsp3) is 0.450. The standard InChI is InChI=1S/C20H24N2OS/c23-20(9-8-16-7-4-12-24-16)22-14-18(15-5-2-1-3-6-15)17-13-21-11-10-19(17)22/h1-7,12,17-19,21H,8-11,13-14H2/t17-,18-,19-/m1/s1. The summed E-state index contributed by atoms with van der Waals surface area (Å²) in [6.07, 6.45) is 2.59. The fourth-order valence-corrected chi connectivity index (χ4v) is 5.03. The lowest BCUT2D eigenvalue weighted by molar-refractivity contribution is -0.132. The molecule has 2 aliphatic heterocycles. The number of hydrogen-bond donors (Lipinski definition) is 1. The molecule has 2 aliphatic rings. The highest BCUT2D eigenvalue weighted by molar-refractivity contribution is 7.09. The van der Waals surface area contributed by atoms with Gasteiger partial charge in [0.2, 0.25) is 5.91 Å². The van der Waals surface area contributed by atoms with E-state index in [1.165, 1.54) is 10.4 Å². The lowest BCUT2D eigenvalue weighted by Gasteiger charge is -2.33. The molecule has 0 saturated carbocycles. The summed E-state index contributed by atoms with van der Waals surface area (Å²) in [7, 11) is 0. The number of nitrogens with zero attached hydrogens (tertiary/aromatic N) is 1. The van der Waals surface area contributed by atoms with Crippen molar-refractivity contribution in [1.82, 2.24) is 10.2 Å². The van der Waals surface area contributed by atoms with Crippen LogP contribution < -0.4 is 5.32 Å². The van der Waals surface area contributed by atoms with E-state index in [0.29, 0.717) is 30.2 Å². The zero-order valence-corrected chi connectivity index (χ0v) is 14.7. The first kappa shape index (κ1) is 15.9. The van der Waals surface area contributed by atoms with Gasteiger partial charge in [-0.3, -0.25) is 4.79 Å². The highest BCUT2D eigenvalue weighted by Crippen LogP contribution is 2.40. The van der Waals surface area contributed by atoms with Crippen LogP contribution in [0.5, 0.6) is 0 Å². The molecule has 2 fully saturated rings. The molecule has 3 nitrogen and oxygen atoms in total. The fourth-order valence-electron chi connectivity index (χ4n) is 4.32. The summed E-state index contributed by atoms with van der Waals surface area (Å²) in [5.41, 5.74) is 1.38. The van der Waals surface area contributed by atoms with Crippen LogP contribution in [0, 0.1) is 5.92 Å². The molecule has 0 aliphatic carbocycles. The van der Waals surface area contributed by atoms with Gasteiger partial charge >= 0.3 is 0 Å². The second-order valence-electron chi connectivity index (χ2n) is 6.87. The average Bonchev–Trinajstić information content (AvgIpc) is 3.28. The molecular formula is C20H24N2OS. The Bertz CT molecular complexity index is 670. The predicted octanol–water partition coefficient (Wildman–Crippen LogP) is 3.28. The molecule has 3 heterocycles. The van der Waals surface area contributed by atoms with Gasteiger partial charge in [0, 0.05) is 42.3 Å². The minimum absolute atomic E-state index is 0.332. The van der Waals surface area contributed by atoms with Crippen molar-refractivity contribution < 1.29 is 4.79 Å². The van der Waals surface area contributed by atoms with Crippen molar-refractivity contribution in [2.24, 2.45) is 5.92 Å². The van der Waals surface area contributed by atoms with Gasteiger partial charge in [-0.1, -0.05) is 36.4 Å². The summed E-state index contributed by atoms with van der Waals surface area (Å²) in [5, 5.41) is 5.62. The quantitative estimate of drug-likeness (QED) is 0.926. The average molecular weight is 340 g/mol. The van der Waals surface area contributed by atoms with Gasteiger partial charge in [0.05, 0.1) is 0 Å². The van der Waals surface area contributed by atoms with Gasteiger partial charge in [-0.05, 0) is 36.4 Å². The number of benzene rings is 1. The molecular weight excluding hydrogens is 316 g/mol. The normalized spacial score (nSPS) is 26.3. The third-order valence-corrected chi connectivity index (χ3v) is 6.45. The molecule has 4 rings (SSSR count). The number of carbonyl (C=O) groups is 1. The van der Waals surface area contributed by atoms with E-state index < -0.39 is 0 Å². The third kappa shape index (κ3) is 3.13. The Morgan fingerprint density at radius 2 is 2.08 bits per heavy atom. The van der Waals surface area contributed by atoms with E-state index in [9.17, 15) is 4.79 Å². The molecule has 24 heavy (non-hydrogen) atoms. The van der Waals surface area contributed by atoms with Gasteiger partial charge in [-0.2, -0.15) is 0 Å². The van der Waals surface area contributed by atoms with Crippen LogP contribution in [0.2, 0.25) is 0 Å². The number of nitrogens with one attached hydrogen (secondary N) is 1. The Morgan fingerprint density at radius 1 is 1.21 bits per heavy atom. The molecule has 1 aromatic carbocycles. The summed E-state index contributed by atoms with van der Waals surface area (Å²) >= 11 is 1.75. The zero-order valence-electron chi connectivity index (χ0n) is 13.9. The predicted molar refractivity (Wildman–Crippen MR) is 98.3 cm³/mol. The molecule has 0 radical (unpaired) electrons. The van der Waals surface area contributed by atoms with Crippen molar-refractivity contribution in [2.45, 2.75) is 31.2 Å². The number of piperidine rings is 1. The maximum atomic E-state index is 12.9. The first-order valence-corrected chi connectivity index (χ1v) is 9.78. The largest absolute Gasteiger partial charge is 0.339 e. The van der Waals surface area contributed by atoms with Crippen LogP contribution in [0.3, 0.4) is 0 Å². The van der Waals surface area contributed by atoms with E-state index in [1.807, 2.05) is 0 Å². The zero-order chi connectivity index (χ0) is 16.4. The number of likely N-dealkylation sites (tertiary alicyclic amines) is 1. The Labute approximate surface area is 147 Å². The molecule has 2 saturated heterocycles. The Morgan fingerprint density at radius 3 is 2.88 bits per heavy atom. The number of hydrogen-bond acceptors (Lipinski definition) is 3. The number of carbonyl (C=O) groups excluding carboxylic acids is 1. The van der Waals surface area contributed by atoms with Crippen molar-refractivity contribution in [3.8, 4) is 0 Å². The van der Waals surface area contributed by atoms with Crippen LogP contribution in [-0.2, 0) is 11.2 Å². The van der Waals surface area contributed by atoms with E-state index in [4.69, 9.17) is 0 Å². The van der Waals surface area contributed by atoms with Gasteiger partial charge in [0.1, 0.15) is 0 Å². The van der Waals surface area contributed by atoms with Crippen LogP contribution in [0.4, 0.5) is 0 Å². The van der Waals surface area contributed by atoms with E-state index in [-0.39, 0.29) is 0 Å².